The molecule has 1 aromatic rings. The number of rotatable bonds is 3. The van der Waals surface area contributed by atoms with Crippen LogP contribution in [0.15, 0.2) is 18.2 Å². The maximum absolute atomic E-state index is 12.2. The second-order valence-electron chi connectivity index (χ2n) is 4.27. The number of carbonyl (C=O) groups is 3. The summed E-state index contributed by atoms with van der Waals surface area (Å²) in [6.45, 7) is 1.85. The zero-order valence-corrected chi connectivity index (χ0v) is 10.8. The molecule has 0 radical (unpaired) electrons. The molecule has 1 aliphatic heterocycles. The molecular formula is C14H14O5. The summed E-state index contributed by atoms with van der Waals surface area (Å²) >= 11 is 0. The van der Waals surface area contributed by atoms with Crippen molar-refractivity contribution >= 4 is 17.5 Å². The van der Waals surface area contributed by atoms with Crippen molar-refractivity contribution in [3.63, 3.8) is 0 Å². The van der Waals surface area contributed by atoms with Crippen molar-refractivity contribution in [1.82, 2.24) is 0 Å². The van der Waals surface area contributed by atoms with Crippen LogP contribution >= 0.6 is 0 Å². The van der Waals surface area contributed by atoms with Crippen LogP contribution in [0.5, 0.6) is 5.75 Å². The van der Waals surface area contributed by atoms with Gasteiger partial charge in [0, 0.05) is 0 Å². The third-order valence-corrected chi connectivity index (χ3v) is 3.14. The molecule has 0 aromatic heterocycles. The SMILES string of the molecule is CCc1ccc2c(c1)C(=O)C(C(=O)C(=O)OC)CO2. The van der Waals surface area contributed by atoms with Crippen molar-refractivity contribution in [3.05, 3.63) is 29.3 Å². The van der Waals surface area contributed by atoms with E-state index in [4.69, 9.17) is 4.74 Å². The van der Waals surface area contributed by atoms with E-state index in [-0.39, 0.29) is 12.4 Å². The Morgan fingerprint density at radius 3 is 2.79 bits per heavy atom. The quantitative estimate of drug-likeness (QED) is 0.465. The molecule has 5 heteroatoms. The summed E-state index contributed by atoms with van der Waals surface area (Å²) < 4.78 is 9.72. The highest BCUT2D eigenvalue weighted by Gasteiger charge is 2.38. The first-order chi connectivity index (χ1) is 9.08. The number of Topliss-reactive ketones (excluding diaryl/α,β-unsaturated/α-hetero) is 2. The van der Waals surface area contributed by atoms with Gasteiger partial charge in [0.25, 0.3) is 5.78 Å². The largest absolute Gasteiger partial charge is 0.492 e. The molecule has 5 nitrogen and oxygen atoms in total. The Kier molecular flexibility index (Phi) is 3.64. The van der Waals surface area contributed by atoms with Crippen LogP contribution in [0.2, 0.25) is 0 Å². The smallest absolute Gasteiger partial charge is 0.375 e. The van der Waals surface area contributed by atoms with Crippen molar-refractivity contribution in [2.45, 2.75) is 13.3 Å². The third-order valence-electron chi connectivity index (χ3n) is 3.14. The first kappa shape index (κ1) is 13.3. The third kappa shape index (κ3) is 2.36. The number of carbonyl (C=O) groups excluding carboxylic acids is 3. The minimum Gasteiger partial charge on any atom is -0.492 e. The Balaban J connectivity index is 2.33. The average Bonchev–Trinajstić information content (AvgIpc) is 2.46. The van der Waals surface area contributed by atoms with E-state index in [2.05, 4.69) is 4.74 Å². The molecule has 1 unspecified atom stereocenters. The van der Waals surface area contributed by atoms with Crippen LogP contribution < -0.4 is 4.74 Å². The molecule has 0 spiro atoms. The standard InChI is InChI=1S/C14H14O5/c1-3-8-4-5-11-9(6-8)12(15)10(7-19-11)13(16)14(17)18-2/h4-6,10H,3,7H2,1-2H3. The summed E-state index contributed by atoms with van der Waals surface area (Å²) in [5.74, 6) is -2.91. The van der Waals surface area contributed by atoms with E-state index < -0.39 is 17.7 Å². The van der Waals surface area contributed by atoms with Crippen LogP contribution in [0.1, 0.15) is 22.8 Å². The van der Waals surface area contributed by atoms with Gasteiger partial charge < -0.3 is 9.47 Å². The fourth-order valence-electron chi connectivity index (χ4n) is 1.99. The number of ether oxygens (including phenoxy) is 2. The van der Waals surface area contributed by atoms with Gasteiger partial charge in [0.1, 0.15) is 18.3 Å². The number of benzene rings is 1. The van der Waals surface area contributed by atoms with Crippen molar-refractivity contribution in [3.8, 4) is 5.75 Å². The predicted octanol–water partition coefficient (Wildman–Crippen LogP) is 1.18. The zero-order chi connectivity index (χ0) is 14.0. The van der Waals surface area contributed by atoms with Crippen molar-refractivity contribution < 1.29 is 23.9 Å². The fourth-order valence-corrected chi connectivity index (χ4v) is 1.99. The van der Waals surface area contributed by atoms with E-state index in [9.17, 15) is 14.4 Å². The summed E-state index contributed by atoms with van der Waals surface area (Å²) in [6.07, 6.45) is 0.774. The maximum atomic E-state index is 12.2. The number of methoxy groups -OCH3 is 1. The molecule has 0 saturated heterocycles. The van der Waals surface area contributed by atoms with Gasteiger partial charge in [-0.1, -0.05) is 13.0 Å². The topological polar surface area (TPSA) is 69.7 Å². The van der Waals surface area contributed by atoms with Gasteiger partial charge in [0.15, 0.2) is 5.78 Å². The molecule has 0 amide bonds. The molecule has 19 heavy (non-hydrogen) atoms. The Bertz CT molecular complexity index is 547. The molecule has 100 valence electrons. The van der Waals surface area contributed by atoms with Gasteiger partial charge in [-0.15, -0.1) is 0 Å². The monoisotopic (exact) mass is 262 g/mol. The lowest BCUT2D eigenvalue weighted by Gasteiger charge is -2.22. The Morgan fingerprint density at radius 2 is 2.16 bits per heavy atom. The van der Waals surface area contributed by atoms with Gasteiger partial charge >= 0.3 is 5.97 Å². The normalized spacial score (nSPS) is 17.4. The van der Waals surface area contributed by atoms with E-state index in [1.54, 1.807) is 12.1 Å². The van der Waals surface area contributed by atoms with Gasteiger partial charge in [-0.25, -0.2) is 4.79 Å². The van der Waals surface area contributed by atoms with E-state index in [1.165, 1.54) is 0 Å². The highest BCUT2D eigenvalue weighted by atomic mass is 16.5. The molecule has 0 bridgehead atoms. The second kappa shape index (κ2) is 5.22. The molecular weight excluding hydrogens is 248 g/mol. The Morgan fingerprint density at radius 1 is 1.42 bits per heavy atom. The lowest BCUT2D eigenvalue weighted by atomic mass is 9.90. The Labute approximate surface area is 110 Å². The molecule has 1 heterocycles. The first-order valence-corrected chi connectivity index (χ1v) is 6.00. The minimum absolute atomic E-state index is 0.120. The molecule has 0 N–H and O–H groups in total. The number of aryl methyl sites for hydroxylation is 1. The summed E-state index contributed by atoms with van der Waals surface area (Å²) in [4.78, 5) is 35.2. The molecule has 1 aromatic carbocycles. The van der Waals surface area contributed by atoms with Crippen LogP contribution in [0.4, 0.5) is 0 Å². The lowest BCUT2D eigenvalue weighted by Crippen LogP contribution is -2.38. The summed E-state index contributed by atoms with van der Waals surface area (Å²) in [6, 6.07) is 5.29. The average molecular weight is 262 g/mol. The van der Waals surface area contributed by atoms with Gasteiger partial charge in [0.2, 0.25) is 0 Å². The number of esters is 1. The van der Waals surface area contributed by atoms with Gasteiger partial charge in [0.05, 0.1) is 12.7 Å². The van der Waals surface area contributed by atoms with Crippen molar-refractivity contribution in [2.24, 2.45) is 5.92 Å². The molecule has 2 rings (SSSR count). The van der Waals surface area contributed by atoms with Crippen LogP contribution in [0.3, 0.4) is 0 Å². The highest BCUT2D eigenvalue weighted by Crippen LogP contribution is 2.29. The van der Waals surface area contributed by atoms with E-state index >= 15 is 0 Å². The molecule has 0 fully saturated rings. The zero-order valence-electron chi connectivity index (χ0n) is 10.8. The highest BCUT2D eigenvalue weighted by molar-refractivity contribution is 6.39. The number of hydrogen-bond donors (Lipinski definition) is 0. The molecule has 1 aliphatic rings. The number of hydrogen-bond acceptors (Lipinski definition) is 5. The predicted molar refractivity (Wildman–Crippen MR) is 66.2 cm³/mol. The second-order valence-corrected chi connectivity index (χ2v) is 4.27. The maximum Gasteiger partial charge on any atom is 0.375 e. The van der Waals surface area contributed by atoms with Crippen molar-refractivity contribution in [2.75, 3.05) is 13.7 Å². The van der Waals surface area contributed by atoms with Crippen LogP contribution in [0, 0.1) is 5.92 Å². The van der Waals surface area contributed by atoms with Crippen LogP contribution in [0.25, 0.3) is 0 Å². The van der Waals surface area contributed by atoms with Gasteiger partial charge in [-0.2, -0.15) is 0 Å². The summed E-state index contributed by atoms with van der Waals surface area (Å²) in [5.41, 5.74) is 1.33. The number of ketones is 2. The van der Waals surface area contributed by atoms with Gasteiger partial charge in [-0.05, 0) is 24.1 Å². The summed E-state index contributed by atoms with van der Waals surface area (Å²) in [7, 11) is 1.11. The Hall–Kier alpha value is -2.17. The lowest BCUT2D eigenvalue weighted by molar-refractivity contribution is -0.153. The number of fused-ring (bicyclic) bond motifs is 1. The fraction of sp³-hybridized carbons (Fsp3) is 0.357. The van der Waals surface area contributed by atoms with Gasteiger partial charge in [-0.3, -0.25) is 9.59 Å². The minimum atomic E-state index is -1.10. The summed E-state index contributed by atoms with van der Waals surface area (Å²) in [5, 5.41) is 0. The molecule has 1 atom stereocenters. The van der Waals surface area contributed by atoms with E-state index in [0.717, 1.165) is 19.1 Å². The van der Waals surface area contributed by atoms with Crippen LogP contribution in [-0.2, 0) is 20.7 Å². The van der Waals surface area contributed by atoms with E-state index in [0.29, 0.717) is 11.3 Å². The van der Waals surface area contributed by atoms with Crippen LogP contribution in [-0.4, -0.2) is 31.3 Å². The van der Waals surface area contributed by atoms with E-state index in [1.807, 2.05) is 13.0 Å². The first-order valence-electron chi connectivity index (χ1n) is 6.00. The molecule has 0 saturated carbocycles. The van der Waals surface area contributed by atoms with Crippen molar-refractivity contribution in [1.29, 1.82) is 0 Å². The molecule has 0 aliphatic carbocycles.